The second-order valence-corrected chi connectivity index (χ2v) is 6.42. The van der Waals surface area contributed by atoms with Gasteiger partial charge in [0, 0.05) is 22.7 Å². The molecule has 0 radical (unpaired) electrons. The largest absolute Gasteiger partial charge is 0.388 e. The second-order valence-electron chi connectivity index (χ2n) is 5.50. The van der Waals surface area contributed by atoms with E-state index in [0.29, 0.717) is 5.56 Å². The van der Waals surface area contributed by atoms with Crippen LogP contribution in [-0.4, -0.2) is 23.2 Å². The van der Waals surface area contributed by atoms with Gasteiger partial charge in [-0.3, -0.25) is 4.79 Å². The highest BCUT2D eigenvalue weighted by atomic mass is 79.9. The highest BCUT2D eigenvalue weighted by Crippen LogP contribution is 2.27. The first-order valence-electron chi connectivity index (χ1n) is 7.12. The third kappa shape index (κ3) is 4.93. The van der Waals surface area contributed by atoms with Gasteiger partial charge in [-0.05, 0) is 37.1 Å². The van der Waals surface area contributed by atoms with Gasteiger partial charge in [0.25, 0.3) is 0 Å². The van der Waals surface area contributed by atoms with Crippen molar-refractivity contribution in [2.45, 2.75) is 37.7 Å². The monoisotopic (exact) mass is 355 g/mol. The van der Waals surface area contributed by atoms with E-state index in [-0.39, 0.29) is 18.3 Å². The van der Waals surface area contributed by atoms with E-state index < -0.39 is 5.60 Å². The predicted octanol–water partition coefficient (Wildman–Crippen LogP) is 3.41. The number of amides is 1. The van der Waals surface area contributed by atoms with E-state index in [2.05, 4.69) is 21.2 Å². The van der Waals surface area contributed by atoms with Crippen molar-refractivity contribution >= 4 is 27.9 Å². The molecule has 1 aromatic rings. The van der Waals surface area contributed by atoms with Crippen molar-refractivity contribution in [1.82, 2.24) is 5.32 Å². The van der Waals surface area contributed by atoms with Crippen LogP contribution in [0.3, 0.4) is 0 Å². The number of aliphatic hydroxyl groups is 1. The molecule has 1 amide bonds. The first kappa shape index (κ1) is 16.2. The van der Waals surface area contributed by atoms with Gasteiger partial charge in [0.1, 0.15) is 5.82 Å². The lowest BCUT2D eigenvalue weighted by Gasteiger charge is -2.31. The normalized spacial score (nSPS) is 17.9. The Kier molecular flexibility index (Phi) is 5.53. The molecule has 21 heavy (non-hydrogen) atoms. The lowest BCUT2D eigenvalue weighted by Crippen LogP contribution is -2.43. The Labute approximate surface area is 132 Å². The zero-order valence-electron chi connectivity index (χ0n) is 11.7. The first-order chi connectivity index (χ1) is 9.98. The third-order valence-corrected chi connectivity index (χ3v) is 4.24. The molecule has 5 heteroatoms. The number of benzene rings is 1. The van der Waals surface area contributed by atoms with Crippen molar-refractivity contribution in [3.05, 3.63) is 40.1 Å². The minimum absolute atomic E-state index is 0.247. The van der Waals surface area contributed by atoms with E-state index in [9.17, 15) is 14.3 Å². The minimum Gasteiger partial charge on any atom is -0.388 e. The van der Waals surface area contributed by atoms with Crippen LogP contribution in [0.25, 0.3) is 6.08 Å². The molecule has 1 aliphatic carbocycles. The topological polar surface area (TPSA) is 49.3 Å². The van der Waals surface area contributed by atoms with E-state index >= 15 is 0 Å². The highest BCUT2D eigenvalue weighted by molar-refractivity contribution is 9.10. The zero-order chi connectivity index (χ0) is 15.3. The van der Waals surface area contributed by atoms with Gasteiger partial charge in [-0.15, -0.1) is 0 Å². The van der Waals surface area contributed by atoms with Gasteiger partial charge in [-0.25, -0.2) is 4.39 Å². The Bertz CT molecular complexity index is 539. The van der Waals surface area contributed by atoms with Gasteiger partial charge < -0.3 is 10.4 Å². The maximum atomic E-state index is 13.5. The van der Waals surface area contributed by atoms with Crippen molar-refractivity contribution in [2.24, 2.45) is 0 Å². The molecule has 114 valence electrons. The fourth-order valence-corrected chi connectivity index (χ4v) is 2.88. The van der Waals surface area contributed by atoms with Gasteiger partial charge in [-0.1, -0.05) is 35.2 Å². The first-order valence-corrected chi connectivity index (χ1v) is 7.91. The van der Waals surface area contributed by atoms with Crippen molar-refractivity contribution in [3.8, 4) is 0 Å². The Balaban J connectivity index is 1.89. The average molecular weight is 356 g/mol. The molecule has 0 unspecified atom stereocenters. The fourth-order valence-electron chi connectivity index (χ4n) is 2.51. The number of nitrogens with one attached hydrogen (secondary N) is 1. The summed E-state index contributed by atoms with van der Waals surface area (Å²) in [6.45, 7) is 0.247. The van der Waals surface area contributed by atoms with Crippen LogP contribution in [0.2, 0.25) is 0 Å². The standard InChI is InChI=1S/C16H19BrFNO2/c17-13-5-6-14(18)12(10-13)4-7-15(20)19-11-16(21)8-2-1-3-9-16/h4-7,10,21H,1-3,8-9,11H2,(H,19,20). The van der Waals surface area contributed by atoms with Crippen molar-refractivity contribution in [2.75, 3.05) is 6.54 Å². The summed E-state index contributed by atoms with van der Waals surface area (Å²) in [4.78, 5) is 11.8. The molecule has 1 aromatic carbocycles. The smallest absolute Gasteiger partial charge is 0.244 e. The van der Waals surface area contributed by atoms with Gasteiger partial charge in [0.05, 0.1) is 5.60 Å². The van der Waals surface area contributed by atoms with Crippen LogP contribution in [0, 0.1) is 5.82 Å². The van der Waals surface area contributed by atoms with Gasteiger partial charge in [0.2, 0.25) is 5.91 Å². The summed E-state index contributed by atoms with van der Waals surface area (Å²) in [5.41, 5.74) is -0.445. The predicted molar refractivity (Wildman–Crippen MR) is 84.2 cm³/mol. The number of hydrogen-bond donors (Lipinski definition) is 2. The molecular weight excluding hydrogens is 337 g/mol. The maximum absolute atomic E-state index is 13.5. The van der Waals surface area contributed by atoms with Crippen LogP contribution < -0.4 is 5.32 Å². The molecule has 0 atom stereocenters. The average Bonchev–Trinajstić information content (AvgIpc) is 2.47. The van der Waals surface area contributed by atoms with E-state index in [0.717, 1.165) is 36.6 Å². The SMILES string of the molecule is O=C(C=Cc1cc(Br)ccc1F)NCC1(O)CCCCC1. The molecule has 0 saturated heterocycles. The molecular formula is C16H19BrFNO2. The second kappa shape index (κ2) is 7.18. The molecule has 1 aliphatic rings. The minimum atomic E-state index is -0.789. The Morgan fingerprint density at radius 3 is 2.81 bits per heavy atom. The summed E-state index contributed by atoms with van der Waals surface area (Å²) in [6.07, 6.45) is 7.28. The van der Waals surface area contributed by atoms with Gasteiger partial charge >= 0.3 is 0 Å². The number of carbonyl (C=O) groups is 1. The summed E-state index contributed by atoms with van der Waals surface area (Å²) in [5, 5.41) is 13.0. The van der Waals surface area contributed by atoms with Crippen LogP contribution in [0.4, 0.5) is 4.39 Å². The van der Waals surface area contributed by atoms with E-state index in [4.69, 9.17) is 0 Å². The van der Waals surface area contributed by atoms with Crippen molar-refractivity contribution in [1.29, 1.82) is 0 Å². The molecule has 1 fully saturated rings. The molecule has 1 saturated carbocycles. The van der Waals surface area contributed by atoms with E-state index in [1.54, 1.807) is 12.1 Å². The van der Waals surface area contributed by atoms with E-state index in [1.807, 2.05) is 0 Å². The quantitative estimate of drug-likeness (QED) is 0.813. The third-order valence-electron chi connectivity index (χ3n) is 3.75. The number of rotatable bonds is 4. The lowest BCUT2D eigenvalue weighted by molar-refractivity contribution is -0.118. The molecule has 0 spiro atoms. The van der Waals surface area contributed by atoms with Crippen LogP contribution >= 0.6 is 15.9 Å². The number of carbonyl (C=O) groups excluding carboxylic acids is 1. The summed E-state index contributed by atoms with van der Waals surface area (Å²) in [5.74, 6) is -0.707. The molecule has 2 rings (SSSR count). The molecule has 3 nitrogen and oxygen atoms in total. The Morgan fingerprint density at radius 2 is 2.10 bits per heavy atom. The van der Waals surface area contributed by atoms with Gasteiger partial charge in [0.15, 0.2) is 0 Å². The molecule has 2 N–H and O–H groups in total. The summed E-state index contributed by atoms with van der Waals surface area (Å²) in [7, 11) is 0. The molecule has 0 aromatic heterocycles. The molecule has 0 bridgehead atoms. The zero-order valence-corrected chi connectivity index (χ0v) is 13.3. The van der Waals surface area contributed by atoms with Gasteiger partial charge in [-0.2, -0.15) is 0 Å². The van der Waals surface area contributed by atoms with Crippen molar-refractivity contribution < 1.29 is 14.3 Å². The van der Waals surface area contributed by atoms with Crippen LogP contribution in [-0.2, 0) is 4.79 Å². The van der Waals surface area contributed by atoms with Crippen LogP contribution in [0.15, 0.2) is 28.7 Å². The van der Waals surface area contributed by atoms with Crippen LogP contribution in [0.5, 0.6) is 0 Å². The fraction of sp³-hybridized carbons (Fsp3) is 0.438. The Hall–Kier alpha value is -1.20. The maximum Gasteiger partial charge on any atom is 0.244 e. The number of halogens is 2. The Morgan fingerprint density at radius 1 is 1.38 bits per heavy atom. The summed E-state index contributed by atoms with van der Waals surface area (Å²) < 4.78 is 14.3. The van der Waals surface area contributed by atoms with E-state index in [1.165, 1.54) is 18.2 Å². The summed E-state index contributed by atoms with van der Waals surface area (Å²) >= 11 is 3.26. The lowest BCUT2D eigenvalue weighted by atomic mass is 9.85. The highest BCUT2D eigenvalue weighted by Gasteiger charge is 2.29. The number of hydrogen-bond acceptors (Lipinski definition) is 2. The summed E-state index contributed by atoms with van der Waals surface area (Å²) in [6, 6.07) is 4.55. The molecule has 0 heterocycles. The molecule has 0 aliphatic heterocycles. The van der Waals surface area contributed by atoms with Crippen molar-refractivity contribution in [3.63, 3.8) is 0 Å². The van der Waals surface area contributed by atoms with Crippen LogP contribution in [0.1, 0.15) is 37.7 Å².